The Hall–Kier alpha value is -4.47. The largest absolute Gasteiger partial charge is 0.493 e. The number of anilines is 1. The molecule has 2 aromatic carbocycles. The number of hydrogen-bond acceptors (Lipinski definition) is 8. The lowest BCUT2D eigenvalue weighted by Crippen LogP contribution is -2.02. The number of ether oxygens (including phenoxy) is 2. The zero-order valence-electron chi connectivity index (χ0n) is 16.4. The van der Waals surface area contributed by atoms with Crippen LogP contribution in [-0.2, 0) is 6.61 Å². The van der Waals surface area contributed by atoms with Gasteiger partial charge in [-0.25, -0.2) is 9.78 Å². The van der Waals surface area contributed by atoms with Crippen molar-refractivity contribution in [2.24, 2.45) is 5.10 Å². The van der Waals surface area contributed by atoms with Crippen molar-refractivity contribution in [3.63, 3.8) is 0 Å². The number of aromatic nitrogens is 1. The number of nitrogens with zero attached hydrogens (tertiary/aromatic N) is 3. The maximum atomic E-state index is 11.0. The number of hydrogen-bond donors (Lipinski definition) is 2. The first kappa shape index (κ1) is 21.2. The minimum atomic E-state index is -0.995. The Morgan fingerprint density at radius 2 is 2.00 bits per heavy atom. The average molecular weight is 422 g/mol. The van der Waals surface area contributed by atoms with Gasteiger partial charge in [0.1, 0.15) is 18.6 Å². The predicted octanol–water partition coefficient (Wildman–Crippen LogP) is 3.72. The molecule has 10 nitrogen and oxygen atoms in total. The van der Waals surface area contributed by atoms with Crippen LogP contribution in [0.4, 0.5) is 11.5 Å². The Kier molecular flexibility index (Phi) is 6.74. The number of carbonyl (C=O) groups is 1. The Labute approximate surface area is 176 Å². The van der Waals surface area contributed by atoms with E-state index in [1.807, 2.05) is 0 Å². The second kappa shape index (κ2) is 9.83. The van der Waals surface area contributed by atoms with Crippen molar-refractivity contribution < 1.29 is 24.3 Å². The molecule has 0 amide bonds. The third kappa shape index (κ3) is 5.54. The Bertz CT molecular complexity index is 1100. The van der Waals surface area contributed by atoms with Gasteiger partial charge in [-0.2, -0.15) is 5.10 Å². The molecule has 158 valence electrons. The van der Waals surface area contributed by atoms with Crippen LogP contribution in [0.2, 0.25) is 0 Å². The Morgan fingerprint density at radius 1 is 1.23 bits per heavy atom. The summed E-state index contributed by atoms with van der Waals surface area (Å²) in [7, 11) is 1.52. The van der Waals surface area contributed by atoms with Gasteiger partial charge in [0.25, 0.3) is 5.69 Å². The highest BCUT2D eigenvalue weighted by Crippen LogP contribution is 2.31. The molecule has 0 unspecified atom stereocenters. The minimum Gasteiger partial charge on any atom is -0.493 e. The summed E-state index contributed by atoms with van der Waals surface area (Å²) < 4.78 is 11.3. The quantitative estimate of drug-likeness (QED) is 0.302. The van der Waals surface area contributed by atoms with E-state index in [9.17, 15) is 14.9 Å². The molecule has 0 aliphatic heterocycles. The molecule has 0 radical (unpaired) electrons. The molecule has 31 heavy (non-hydrogen) atoms. The number of carboxylic acids is 1. The fraction of sp³-hybridized carbons (Fsp3) is 0.0952. The van der Waals surface area contributed by atoms with Gasteiger partial charge in [0.15, 0.2) is 11.5 Å². The smallest absolute Gasteiger partial charge is 0.335 e. The van der Waals surface area contributed by atoms with Crippen LogP contribution in [0.15, 0.2) is 65.9 Å². The van der Waals surface area contributed by atoms with Crippen molar-refractivity contribution in [2.45, 2.75) is 6.61 Å². The van der Waals surface area contributed by atoms with Gasteiger partial charge in [0.2, 0.25) is 0 Å². The SMILES string of the molecule is COc1cccc(C=NNc2ccc([N+](=O)[O-])cn2)c1OCc1ccc(C(=O)O)cc1. The molecule has 0 aliphatic carbocycles. The van der Waals surface area contributed by atoms with Gasteiger partial charge < -0.3 is 14.6 Å². The van der Waals surface area contributed by atoms with Gasteiger partial charge in [0.05, 0.1) is 23.8 Å². The van der Waals surface area contributed by atoms with Gasteiger partial charge in [-0.1, -0.05) is 18.2 Å². The molecule has 1 aromatic heterocycles. The molecule has 3 aromatic rings. The van der Waals surface area contributed by atoms with E-state index in [1.165, 1.54) is 37.6 Å². The summed E-state index contributed by atoms with van der Waals surface area (Å²) in [5, 5.41) is 23.8. The number of pyridine rings is 1. The average Bonchev–Trinajstić information content (AvgIpc) is 2.78. The van der Waals surface area contributed by atoms with Crippen molar-refractivity contribution in [1.29, 1.82) is 0 Å². The molecule has 0 spiro atoms. The Morgan fingerprint density at radius 3 is 2.61 bits per heavy atom. The van der Waals surface area contributed by atoms with Crippen LogP contribution < -0.4 is 14.9 Å². The summed E-state index contributed by atoms with van der Waals surface area (Å²) in [5.74, 6) is 0.297. The number of nitro groups is 1. The van der Waals surface area contributed by atoms with Gasteiger partial charge in [-0.05, 0) is 35.9 Å². The van der Waals surface area contributed by atoms with Crippen molar-refractivity contribution >= 4 is 23.7 Å². The lowest BCUT2D eigenvalue weighted by atomic mass is 10.1. The highest BCUT2D eigenvalue weighted by molar-refractivity contribution is 5.87. The van der Waals surface area contributed by atoms with Crippen LogP contribution >= 0.6 is 0 Å². The number of aromatic carboxylic acids is 1. The standard InChI is InChI=1S/C21H18N4O6/c1-30-18-4-2-3-16(11-23-24-19-10-9-17(12-22-19)25(28)29)20(18)31-13-14-5-7-15(8-6-14)21(26)27/h2-12H,13H2,1H3,(H,22,24)(H,26,27). The third-order valence-electron chi connectivity index (χ3n) is 4.15. The molecular weight excluding hydrogens is 404 g/mol. The van der Waals surface area contributed by atoms with Crippen LogP contribution in [0.5, 0.6) is 11.5 Å². The summed E-state index contributed by atoms with van der Waals surface area (Å²) in [6.07, 6.45) is 2.64. The molecule has 1 heterocycles. The van der Waals surface area contributed by atoms with Crippen molar-refractivity contribution in [3.05, 3.63) is 87.6 Å². The first-order valence-electron chi connectivity index (χ1n) is 8.99. The topological polar surface area (TPSA) is 136 Å². The first-order chi connectivity index (χ1) is 15.0. The monoisotopic (exact) mass is 422 g/mol. The number of hydrazone groups is 1. The second-order valence-electron chi connectivity index (χ2n) is 6.20. The fourth-order valence-electron chi connectivity index (χ4n) is 2.58. The number of methoxy groups -OCH3 is 1. The first-order valence-corrected chi connectivity index (χ1v) is 8.99. The van der Waals surface area contributed by atoms with Crippen molar-refractivity contribution in [3.8, 4) is 11.5 Å². The van der Waals surface area contributed by atoms with E-state index in [1.54, 1.807) is 30.3 Å². The number of rotatable bonds is 9. The second-order valence-corrected chi connectivity index (χ2v) is 6.20. The van der Waals surface area contributed by atoms with E-state index in [2.05, 4.69) is 15.5 Å². The zero-order valence-corrected chi connectivity index (χ0v) is 16.4. The molecule has 0 aliphatic rings. The van der Waals surface area contributed by atoms with Crippen LogP contribution in [-0.4, -0.2) is 34.3 Å². The summed E-state index contributed by atoms with van der Waals surface area (Å²) in [4.78, 5) is 25.0. The number of para-hydroxylation sites is 1. The molecule has 0 saturated heterocycles. The number of nitrogens with one attached hydrogen (secondary N) is 1. The lowest BCUT2D eigenvalue weighted by Gasteiger charge is -2.13. The van der Waals surface area contributed by atoms with Crippen LogP contribution in [0.25, 0.3) is 0 Å². The van der Waals surface area contributed by atoms with Gasteiger partial charge in [-0.15, -0.1) is 0 Å². The van der Waals surface area contributed by atoms with E-state index in [0.29, 0.717) is 22.9 Å². The van der Waals surface area contributed by atoms with Gasteiger partial charge >= 0.3 is 5.97 Å². The maximum absolute atomic E-state index is 11.0. The van der Waals surface area contributed by atoms with E-state index in [-0.39, 0.29) is 17.9 Å². The molecule has 10 heteroatoms. The zero-order chi connectivity index (χ0) is 22.2. The summed E-state index contributed by atoms with van der Waals surface area (Å²) >= 11 is 0. The van der Waals surface area contributed by atoms with Crippen molar-refractivity contribution in [2.75, 3.05) is 12.5 Å². The molecule has 3 rings (SSSR count). The molecule has 0 bridgehead atoms. The summed E-state index contributed by atoms with van der Waals surface area (Å²) in [5.41, 5.74) is 4.18. The van der Waals surface area contributed by atoms with E-state index in [4.69, 9.17) is 14.6 Å². The third-order valence-corrected chi connectivity index (χ3v) is 4.15. The van der Waals surface area contributed by atoms with E-state index < -0.39 is 10.9 Å². The summed E-state index contributed by atoms with van der Waals surface area (Å²) in [6.45, 7) is 0.193. The van der Waals surface area contributed by atoms with Gasteiger partial charge in [-0.3, -0.25) is 15.5 Å². The predicted molar refractivity (Wildman–Crippen MR) is 113 cm³/mol. The van der Waals surface area contributed by atoms with E-state index in [0.717, 1.165) is 11.8 Å². The number of carboxylic acid groups (broad SMARTS) is 1. The molecule has 2 N–H and O–H groups in total. The molecule has 0 fully saturated rings. The normalized spacial score (nSPS) is 10.6. The van der Waals surface area contributed by atoms with Crippen LogP contribution in [0, 0.1) is 10.1 Å². The number of benzene rings is 2. The van der Waals surface area contributed by atoms with Crippen LogP contribution in [0.1, 0.15) is 21.5 Å². The molecule has 0 atom stereocenters. The minimum absolute atomic E-state index is 0.116. The highest BCUT2D eigenvalue weighted by Gasteiger charge is 2.10. The van der Waals surface area contributed by atoms with Gasteiger partial charge in [0, 0.05) is 11.6 Å². The lowest BCUT2D eigenvalue weighted by molar-refractivity contribution is -0.385. The highest BCUT2D eigenvalue weighted by atomic mass is 16.6. The summed E-state index contributed by atoms with van der Waals surface area (Å²) in [6, 6.07) is 14.4. The molecule has 0 saturated carbocycles. The van der Waals surface area contributed by atoms with E-state index >= 15 is 0 Å². The van der Waals surface area contributed by atoms with Crippen molar-refractivity contribution in [1.82, 2.24) is 4.98 Å². The van der Waals surface area contributed by atoms with Crippen LogP contribution in [0.3, 0.4) is 0 Å². The fourth-order valence-corrected chi connectivity index (χ4v) is 2.58. The maximum Gasteiger partial charge on any atom is 0.335 e. The molecular formula is C21H18N4O6. The Balaban J connectivity index is 1.72.